The van der Waals surface area contributed by atoms with Crippen LogP contribution in [-0.2, 0) is 6.61 Å². The summed E-state index contributed by atoms with van der Waals surface area (Å²) in [5, 5.41) is 0.398. The van der Waals surface area contributed by atoms with Gasteiger partial charge in [-0.05, 0) is 56.4 Å². The van der Waals surface area contributed by atoms with E-state index in [1.165, 1.54) is 0 Å². The standard InChI is InChI=1S/C31H32N2O6/c1-5-37-26-17-21(11-14-24(26)38-19-20-9-7-6-8-10-20)28-27-29(34)23-13-12-22(36-4)18-25(23)39-30(27)31(35)33(28)16-15-32(2)3/h6-14,17-18,28H,5,15-16,19H2,1-4H3. The van der Waals surface area contributed by atoms with Gasteiger partial charge in [0.1, 0.15) is 17.9 Å². The Labute approximate surface area is 227 Å². The second-order valence-electron chi connectivity index (χ2n) is 9.65. The molecule has 0 bridgehead atoms. The Kier molecular flexibility index (Phi) is 7.56. The maximum Gasteiger partial charge on any atom is 0.290 e. The first-order valence-electron chi connectivity index (χ1n) is 12.9. The number of rotatable bonds is 10. The summed E-state index contributed by atoms with van der Waals surface area (Å²) in [5.74, 6) is 1.43. The van der Waals surface area contributed by atoms with Gasteiger partial charge in [-0.2, -0.15) is 0 Å². The summed E-state index contributed by atoms with van der Waals surface area (Å²) in [6, 6.07) is 19.9. The quantitative estimate of drug-likeness (QED) is 0.290. The molecule has 0 saturated carbocycles. The van der Waals surface area contributed by atoms with Crippen molar-refractivity contribution in [1.29, 1.82) is 0 Å². The molecule has 2 heterocycles. The lowest BCUT2D eigenvalue weighted by atomic mass is 9.98. The van der Waals surface area contributed by atoms with Crippen molar-refractivity contribution < 1.29 is 23.4 Å². The fourth-order valence-electron chi connectivity index (χ4n) is 4.83. The van der Waals surface area contributed by atoms with Crippen molar-refractivity contribution in [2.24, 2.45) is 0 Å². The molecule has 1 aliphatic rings. The highest BCUT2D eigenvalue weighted by Crippen LogP contribution is 2.41. The summed E-state index contributed by atoms with van der Waals surface area (Å²) in [6.45, 7) is 3.76. The monoisotopic (exact) mass is 528 g/mol. The number of ether oxygens (including phenoxy) is 3. The van der Waals surface area contributed by atoms with Crippen LogP contribution in [0.25, 0.3) is 11.0 Å². The minimum Gasteiger partial charge on any atom is -0.497 e. The van der Waals surface area contributed by atoms with Crippen molar-refractivity contribution in [3.8, 4) is 17.2 Å². The zero-order valence-corrected chi connectivity index (χ0v) is 22.6. The van der Waals surface area contributed by atoms with E-state index in [4.69, 9.17) is 18.6 Å². The molecule has 0 N–H and O–H groups in total. The van der Waals surface area contributed by atoms with E-state index in [2.05, 4.69) is 0 Å². The Hall–Kier alpha value is -4.30. The highest BCUT2D eigenvalue weighted by Gasteiger charge is 2.42. The SMILES string of the molecule is CCOc1cc(C2c3c(oc4cc(OC)ccc4c3=O)C(=O)N2CCN(C)C)ccc1OCc1ccccc1. The molecule has 8 heteroatoms. The van der Waals surface area contributed by atoms with Gasteiger partial charge >= 0.3 is 0 Å². The van der Waals surface area contributed by atoms with Crippen molar-refractivity contribution in [2.45, 2.75) is 19.6 Å². The summed E-state index contributed by atoms with van der Waals surface area (Å²) >= 11 is 0. The lowest BCUT2D eigenvalue weighted by Gasteiger charge is -2.27. The van der Waals surface area contributed by atoms with Gasteiger partial charge in [-0.1, -0.05) is 36.4 Å². The summed E-state index contributed by atoms with van der Waals surface area (Å²) in [7, 11) is 5.43. The van der Waals surface area contributed by atoms with E-state index in [-0.39, 0.29) is 17.1 Å². The number of likely N-dealkylation sites (N-methyl/N-ethyl adjacent to an activating group) is 1. The van der Waals surface area contributed by atoms with Crippen LogP contribution in [0.4, 0.5) is 0 Å². The molecular weight excluding hydrogens is 496 g/mol. The van der Waals surface area contributed by atoms with Crippen molar-refractivity contribution in [3.05, 3.63) is 99.4 Å². The third kappa shape index (κ3) is 5.20. The maximum absolute atomic E-state index is 13.8. The third-order valence-corrected chi connectivity index (χ3v) is 6.78. The number of amides is 1. The molecule has 0 radical (unpaired) electrons. The molecular formula is C31H32N2O6. The molecule has 5 rings (SSSR count). The van der Waals surface area contributed by atoms with Crippen LogP contribution in [0.15, 0.2) is 75.9 Å². The van der Waals surface area contributed by atoms with Crippen molar-refractivity contribution in [2.75, 3.05) is 40.9 Å². The average molecular weight is 529 g/mol. The normalized spacial score (nSPS) is 14.6. The van der Waals surface area contributed by atoms with Crippen molar-refractivity contribution in [1.82, 2.24) is 9.80 Å². The van der Waals surface area contributed by atoms with Crippen LogP contribution >= 0.6 is 0 Å². The van der Waals surface area contributed by atoms with Crippen LogP contribution < -0.4 is 19.6 Å². The van der Waals surface area contributed by atoms with Crippen LogP contribution in [0.2, 0.25) is 0 Å². The maximum atomic E-state index is 13.8. The largest absolute Gasteiger partial charge is 0.497 e. The number of carbonyl (C=O) groups is 1. The third-order valence-electron chi connectivity index (χ3n) is 6.78. The Morgan fingerprint density at radius 1 is 0.949 bits per heavy atom. The van der Waals surface area contributed by atoms with E-state index < -0.39 is 6.04 Å². The van der Waals surface area contributed by atoms with Gasteiger partial charge in [0.15, 0.2) is 16.9 Å². The molecule has 1 amide bonds. The Morgan fingerprint density at radius 2 is 1.74 bits per heavy atom. The number of methoxy groups -OCH3 is 1. The number of carbonyl (C=O) groups excluding carboxylic acids is 1. The van der Waals surface area contributed by atoms with Gasteiger partial charge in [0.25, 0.3) is 5.91 Å². The average Bonchev–Trinajstić information content (AvgIpc) is 3.23. The predicted octanol–water partition coefficient (Wildman–Crippen LogP) is 4.89. The van der Waals surface area contributed by atoms with Gasteiger partial charge < -0.3 is 28.4 Å². The first-order valence-corrected chi connectivity index (χ1v) is 12.9. The van der Waals surface area contributed by atoms with E-state index >= 15 is 0 Å². The molecule has 0 aliphatic carbocycles. The zero-order valence-electron chi connectivity index (χ0n) is 22.6. The van der Waals surface area contributed by atoms with Gasteiger partial charge in [-0.15, -0.1) is 0 Å². The topological polar surface area (TPSA) is 81.5 Å². The lowest BCUT2D eigenvalue weighted by molar-refractivity contribution is 0.0716. The minimum atomic E-state index is -0.627. The Morgan fingerprint density at radius 3 is 2.46 bits per heavy atom. The molecule has 3 aromatic carbocycles. The van der Waals surface area contributed by atoms with E-state index in [1.807, 2.05) is 74.4 Å². The highest BCUT2D eigenvalue weighted by molar-refractivity contribution is 5.99. The molecule has 202 valence electrons. The van der Waals surface area contributed by atoms with Crippen LogP contribution in [0.3, 0.4) is 0 Å². The first-order chi connectivity index (χ1) is 18.9. The molecule has 0 saturated heterocycles. The van der Waals surface area contributed by atoms with Crippen molar-refractivity contribution in [3.63, 3.8) is 0 Å². The number of hydrogen-bond donors (Lipinski definition) is 0. The van der Waals surface area contributed by atoms with Crippen LogP contribution in [-0.4, -0.2) is 56.6 Å². The molecule has 1 aliphatic heterocycles. The second kappa shape index (κ2) is 11.2. The molecule has 1 atom stereocenters. The summed E-state index contributed by atoms with van der Waals surface area (Å²) < 4.78 is 23.4. The van der Waals surface area contributed by atoms with Crippen LogP contribution in [0.5, 0.6) is 17.2 Å². The molecule has 8 nitrogen and oxygen atoms in total. The van der Waals surface area contributed by atoms with E-state index in [0.29, 0.717) is 60.1 Å². The fourth-order valence-corrected chi connectivity index (χ4v) is 4.83. The number of fused-ring (bicyclic) bond motifs is 2. The molecule has 39 heavy (non-hydrogen) atoms. The van der Waals surface area contributed by atoms with Gasteiger partial charge in [0, 0.05) is 19.2 Å². The Bertz CT molecular complexity index is 1550. The van der Waals surface area contributed by atoms with E-state index in [1.54, 1.807) is 30.2 Å². The molecule has 0 spiro atoms. The van der Waals surface area contributed by atoms with Gasteiger partial charge in [0.2, 0.25) is 5.76 Å². The lowest BCUT2D eigenvalue weighted by Crippen LogP contribution is -2.35. The number of nitrogens with zero attached hydrogens (tertiary/aromatic N) is 2. The van der Waals surface area contributed by atoms with E-state index in [9.17, 15) is 9.59 Å². The number of benzene rings is 3. The van der Waals surface area contributed by atoms with Gasteiger partial charge in [-0.3, -0.25) is 9.59 Å². The summed E-state index contributed by atoms with van der Waals surface area (Å²) in [4.78, 5) is 31.2. The van der Waals surface area contributed by atoms with Crippen LogP contribution in [0.1, 0.15) is 40.2 Å². The molecule has 4 aromatic rings. The molecule has 0 fully saturated rings. The molecule has 1 aromatic heterocycles. The second-order valence-corrected chi connectivity index (χ2v) is 9.65. The van der Waals surface area contributed by atoms with Gasteiger partial charge in [0.05, 0.1) is 30.7 Å². The minimum absolute atomic E-state index is 0.0619. The number of hydrogen-bond acceptors (Lipinski definition) is 7. The van der Waals surface area contributed by atoms with Gasteiger partial charge in [-0.25, -0.2) is 0 Å². The Balaban J connectivity index is 1.59. The van der Waals surface area contributed by atoms with E-state index in [0.717, 1.165) is 11.1 Å². The summed E-state index contributed by atoms with van der Waals surface area (Å²) in [6.07, 6.45) is 0. The smallest absolute Gasteiger partial charge is 0.290 e. The predicted molar refractivity (Wildman–Crippen MR) is 149 cm³/mol. The fraction of sp³-hybridized carbons (Fsp3) is 0.290. The van der Waals surface area contributed by atoms with Crippen molar-refractivity contribution >= 4 is 16.9 Å². The van der Waals surface area contributed by atoms with Crippen LogP contribution in [0, 0.1) is 0 Å². The zero-order chi connectivity index (χ0) is 27.5. The summed E-state index contributed by atoms with van der Waals surface area (Å²) in [5.41, 5.74) is 2.20. The highest BCUT2D eigenvalue weighted by atomic mass is 16.5. The first kappa shape index (κ1) is 26.3. The molecule has 1 unspecified atom stereocenters.